The van der Waals surface area contributed by atoms with E-state index in [1.54, 1.807) is 20.5 Å². The zero-order valence-corrected chi connectivity index (χ0v) is 17.2. The van der Waals surface area contributed by atoms with Gasteiger partial charge in [0.25, 0.3) is 0 Å². The van der Waals surface area contributed by atoms with Gasteiger partial charge in [-0.2, -0.15) is 0 Å². The van der Waals surface area contributed by atoms with Crippen molar-refractivity contribution in [3.8, 4) is 28.6 Å². The number of hydrogen-bond donors (Lipinski definition) is 1. The van der Waals surface area contributed by atoms with Gasteiger partial charge in [-0.25, -0.2) is 15.0 Å². The number of furan rings is 1. The molecule has 154 valence electrons. The van der Waals surface area contributed by atoms with Gasteiger partial charge in [-0.05, 0) is 37.6 Å². The van der Waals surface area contributed by atoms with E-state index in [1.807, 2.05) is 31.2 Å². The molecule has 8 nitrogen and oxygen atoms in total. The second-order valence-corrected chi connectivity index (χ2v) is 7.42. The van der Waals surface area contributed by atoms with Crippen molar-refractivity contribution in [2.24, 2.45) is 0 Å². The zero-order chi connectivity index (χ0) is 20.7. The van der Waals surface area contributed by atoms with Crippen LogP contribution in [0.2, 0.25) is 0 Å². The van der Waals surface area contributed by atoms with Crippen molar-refractivity contribution in [1.29, 1.82) is 0 Å². The number of hydrogen-bond acceptors (Lipinski definition) is 7. The molecule has 1 N–H and O–H groups in total. The highest BCUT2D eigenvalue weighted by Gasteiger charge is 2.24. The minimum absolute atomic E-state index is 0.242. The van der Waals surface area contributed by atoms with Crippen LogP contribution < -0.4 is 9.64 Å². The lowest BCUT2D eigenvalue weighted by atomic mass is 10.1. The maximum Gasteiger partial charge on any atom is 0.198 e. The summed E-state index contributed by atoms with van der Waals surface area (Å²) in [5.74, 6) is 2.69. The molecule has 3 aromatic heterocycles. The molecule has 0 saturated carbocycles. The van der Waals surface area contributed by atoms with Gasteiger partial charge in [0, 0.05) is 37.5 Å². The van der Waals surface area contributed by atoms with Crippen molar-refractivity contribution in [1.82, 2.24) is 19.9 Å². The SMILES string of the molecule is COc1cc(-c2nc(-c3ccc(C)o3)nc3nc[nH]c23)cc(N2CC[C@@H](OC)C2)c1. The normalized spacial score (nSPS) is 16.5. The second-order valence-electron chi connectivity index (χ2n) is 7.42. The summed E-state index contributed by atoms with van der Waals surface area (Å²) in [6, 6.07) is 9.92. The molecule has 8 heteroatoms. The lowest BCUT2D eigenvalue weighted by molar-refractivity contribution is 0.121. The van der Waals surface area contributed by atoms with E-state index >= 15 is 0 Å². The Morgan fingerprint density at radius 2 is 2.07 bits per heavy atom. The van der Waals surface area contributed by atoms with Gasteiger partial charge in [0.2, 0.25) is 0 Å². The predicted molar refractivity (Wildman–Crippen MR) is 114 cm³/mol. The number of aromatic amines is 1. The Morgan fingerprint density at radius 3 is 2.80 bits per heavy atom. The first-order chi connectivity index (χ1) is 14.6. The van der Waals surface area contributed by atoms with Crippen LogP contribution in [0.5, 0.6) is 5.75 Å². The minimum Gasteiger partial charge on any atom is -0.497 e. The number of aryl methyl sites for hydroxylation is 1. The Hall–Kier alpha value is -3.39. The van der Waals surface area contributed by atoms with E-state index in [0.29, 0.717) is 17.2 Å². The number of aromatic nitrogens is 4. The number of rotatable bonds is 5. The molecular weight excluding hydrogens is 382 g/mol. The van der Waals surface area contributed by atoms with Crippen LogP contribution in [0.25, 0.3) is 34.0 Å². The van der Waals surface area contributed by atoms with Gasteiger partial charge in [0.1, 0.15) is 22.7 Å². The van der Waals surface area contributed by atoms with Crippen molar-refractivity contribution in [3.05, 3.63) is 42.4 Å². The van der Waals surface area contributed by atoms with Crippen molar-refractivity contribution >= 4 is 16.9 Å². The molecule has 1 fully saturated rings. The first kappa shape index (κ1) is 18.6. The average molecular weight is 405 g/mol. The largest absolute Gasteiger partial charge is 0.497 e. The predicted octanol–water partition coefficient (Wildman–Crippen LogP) is 3.82. The summed E-state index contributed by atoms with van der Waals surface area (Å²) in [5.41, 5.74) is 4.12. The molecule has 1 atom stereocenters. The highest BCUT2D eigenvalue weighted by atomic mass is 16.5. The third-order valence-electron chi connectivity index (χ3n) is 5.49. The number of imidazole rings is 1. The smallest absolute Gasteiger partial charge is 0.198 e. The van der Waals surface area contributed by atoms with E-state index in [2.05, 4.69) is 25.9 Å². The third kappa shape index (κ3) is 3.29. The van der Waals surface area contributed by atoms with Crippen LogP contribution in [-0.2, 0) is 4.74 Å². The molecule has 1 aliphatic heterocycles. The molecule has 0 unspecified atom stereocenters. The van der Waals surface area contributed by atoms with Crippen LogP contribution in [0.1, 0.15) is 12.2 Å². The lowest BCUT2D eigenvalue weighted by Gasteiger charge is -2.20. The second kappa shape index (κ2) is 7.46. The van der Waals surface area contributed by atoms with E-state index in [4.69, 9.17) is 18.9 Å². The molecule has 1 saturated heterocycles. The Morgan fingerprint density at radius 1 is 1.17 bits per heavy atom. The van der Waals surface area contributed by atoms with E-state index in [-0.39, 0.29) is 6.10 Å². The average Bonchev–Trinajstić information content (AvgIpc) is 3.52. The summed E-state index contributed by atoms with van der Waals surface area (Å²) < 4.78 is 16.9. The highest BCUT2D eigenvalue weighted by molar-refractivity contribution is 5.89. The van der Waals surface area contributed by atoms with Gasteiger partial charge in [-0.1, -0.05) is 0 Å². The topological polar surface area (TPSA) is 89.3 Å². The summed E-state index contributed by atoms with van der Waals surface area (Å²) in [6.07, 6.45) is 2.88. The van der Waals surface area contributed by atoms with Gasteiger partial charge >= 0.3 is 0 Å². The summed E-state index contributed by atoms with van der Waals surface area (Å²) >= 11 is 0. The first-order valence-electron chi connectivity index (χ1n) is 9.89. The van der Waals surface area contributed by atoms with Crippen LogP contribution in [0.4, 0.5) is 5.69 Å². The summed E-state index contributed by atoms with van der Waals surface area (Å²) in [6.45, 7) is 3.68. The van der Waals surface area contributed by atoms with Crippen LogP contribution >= 0.6 is 0 Å². The van der Waals surface area contributed by atoms with Gasteiger partial charge in [-0.15, -0.1) is 0 Å². The molecule has 4 aromatic rings. The van der Waals surface area contributed by atoms with Gasteiger partial charge in [-0.3, -0.25) is 0 Å². The first-order valence-corrected chi connectivity index (χ1v) is 9.89. The molecule has 1 aliphatic rings. The van der Waals surface area contributed by atoms with Gasteiger partial charge in [0.05, 0.1) is 19.5 Å². The molecule has 4 heterocycles. The number of nitrogens with zero attached hydrogens (tertiary/aromatic N) is 4. The molecular formula is C22H23N5O3. The lowest BCUT2D eigenvalue weighted by Crippen LogP contribution is -2.22. The Kier molecular flexibility index (Phi) is 4.63. The number of benzene rings is 1. The molecule has 0 amide bonds. The van der Waals surface area contributed by atoms with Crippen LogP contribution in [0, 0.1) is 6.92 Å². The number of fused-ring (bicyclic) bond motifs is 1. The molecule has 30 heavy (non-hydrogen) atoms. The number of nitrogens with one attached hydrogen (secondary N) is 1. The van der Waals surface area contributed by atoms with Crippen LogP contribution in [0.3, 0.4) is 0 Å². The number of anilines is 1. The number of H-pyrrole nitrogens is 1. The standard InChI is InChI=1S/C22H23N5O3/c1-13-4-5-18(30-13)21-25-19(20-22(26-21)24-12-23-20)14-8-15(10-17(9-14)29-3)27-7-6-16(11-27)28-2/h4-5,8-10,12,16H,6-7,11H2,1-3H3,(H,23,24,25,26)/t16-/m1/s1. The number of methoxy groups -OCH3 is 2. The van der Waals surface area contributed by atoms with Crippen LogP contribution in [-0.4, -0.2) is 53.3 Å². The molecule has 1 aromatic carbocycles. The third-order valence-corrected chi connectivity index (χ3v) is 5.49. The summed E-state index contributed by atoms with van der Waals surface area (Å²) in [7, 11) is 3.44. The Labute approximate surface area is 173 Å². The fourth-order valence-corrected chi connectivity index (χ4v) is 3.88. The number of ether oxygens (including phenoxy) is 2. The fraction of sp³-hybridized carbons (Fsp3) is 0.318. The zero-order valence-electron chi connectivity index (χ0n) is 17.2. The molecule has 0 bridgehead atoms. The van der Waals surface area contributed by atoms with Crippen molar-refractivity contribution < 1.29 is 13.9 Å². The maximum absolute atomic E-state index is 5.75. The molecule has 0 aliphatic carbocycles. The van der Waals surface area contributed by atoms with E-state index in [9.17, 15) is 0 Å². The van der Waals surface area contributed by atoms with Gasteiger partial charge < -0.3 is 23.8 Å². The molecule has 0 spiro atoms. The summed E-state index contributed by atoms with van der Waals surface area (Å²) in [4.78, 5) is 19.2. The van der Waals surface area contributed by atoms with Crippen molar-refractivity contribution in [2.45, 2.75) is 19.4 Å². The van der Waals surface area contributed by atoms with E-state index in [1.165, 1.54) is 0 Å². The fourth-order valence-electron chi connectivity index (χ4n) is 3.88. The summed E-state index contributed by atoms with van der Waals surface area (Å²) in [5, 5.41) is 0. The van der Waals surface area contributed by atoms with Gasteiger partial charge in [0.15, 0.2) is 17.2 Å². The van der Waals surface area contributed by atoms with Crippen molar-refractivity contribution in [3.63, 3.8) is 0 Å². The monoisotopic (exact) mass is 405 g/mol. The van der Waals surface area contributed by atoms with Crippen molar-refractivity contribution in [2.75, 3.05) is 32.2 Å². The van der Waals surface area contributed by atoms with Crippen LogP contribution in [0.15, 0.2) is 41.1 Å². The Balaban J connectivity index is 1.64. The molecule has 5 rings (SSSR count). The van der Waals surface area contributed by atoms with E-state index in [0.717, 1.165) is 53.5 Å². The minimum atomic E-state index is 0.242. The Bertz CT molecular complexity index is 1200. The maximum atomic E-state index is 5.75. The highest BCUT2D eigenvalue weighted by Crippen LogP contribution is 2.35. The van der Waals surface area contributed by atoms with E-state index < -0.39 is 0 Å². The quantitative estimate of drug-likeness (QED) is 0.540. The molecule has 0 radical (unpaired) electrons.